The molecule has 25 heavy (non-hydrogen) atoms. The van der Waals surface area contributed by atoms with E-state index < -0.39 is 10.0 Å². The number of methoxy groups -OCH3 is 1. The fourth-order valence-corrected chi connectivity index (χ4v) is 3.40. The maximum Gasteiger partial charge on any atom is 0.251 e. The number of nitrogens with zero attached hydrogens (tertiary/aromatic N) is 2. The highest BCUT2D eigenvalue weighted by Gasteiger charge is 2.17. The molecule has 0 unspecified atom stereocenters. The number of nitrogens with one attached hydrogen (secondary N) is 1. The molecule has 3 aromatic rings. The quantitative estimate of drug-likeness (QED) is 0.707. The molecule has 1 aromatic heterocycles. The Morgan fingerprint density at radius 2 is 1.96 bits per heavy atom. The van der Waals surface area contributed by atoms with Gasteiger partial charge < -0.3 is 9.15 Å². The van der Waals surface area contributed by atoms with Gasteiger partial charge >= 0.3 is 0 Å². The molecule has 0 saturated carbocycles. The van der Waals surface area contributed by atoms with E-state index in [1.165, 1.54) is 19.2 Å². The highest BCUT2D eigenvalue weighted by atomic mass is 35.5. The second-order valence-electron chi connectivity index (χ2n) is 4.98. The Bertz CT molecular complexity index is 988. The zero-order chi connectivity index (χ0) is 17.9. The van der Waals surface area contributed by atoms with Crippen LogP contribution in [0.2, 0.25) is 5.02 Å². The second kappa shape index (κ2) is 7.22. The van der Waals surface area contributed by atoms with E-state index in [1.54, 1.807) is 24.3 Å². The average Bonchev–Trinajstić information content (AvgIpc) is 3.09. The lowest BCUT2D eigenvalue weighted by Crippen LogP contribution is -2.23. The van der Waals surface area contributed by atoms with Gasteiger partial charge in [0.1, 0.15) is 5.75 Å². The van der Waals surface area contributed by atoms with Crippen LogP contribution in [0.25, 0.3) is 11.5 Å². The summed E-state index contributed by atoms with van der Waals surface area (Å²) in [7, 11) is -2.20. The fourth-order valence-electron chi connectivity index (χ4n) is 2.13. The van der Waals surface area contributed by atoms with E-state index in [9.17, 15) is 8.42 Å². The van der Waals surface area contributed by atoms with Crippen LogP contribution in [0.1, 0.15) is 5.89 Å². The monoisotopic (exact) mass is 379 g/mol. The first-order valence-corrected chi connectivity index (χ1v) is 9.07. The SMILES string of the molecule is COc1ccccc1-c1nnc(CNS(=O)(=O)c2cccc(Cl)c2)o1. The van der Waals surface area contributed by atoms with Crippen molar-refractivity contribution in [3.63, 3.8) is 0 Å². The molecule has 0 aliphatic heterocycles. The number of aromatic nitrogens is 2. The van der Waals surface area contributed by atoms with E-state index in [0.29, 0.717) is 16.3 Å². The first-order chi connectivity index (χ1) is 12.0. The molecule has 130 valence electrons. The van der Waals surface area contributed by atoms with Crippen LogP contribution in [-0.2, 0) is 16.6 Å². The first-order valence-electron chi connectivity index (χ1n) is 7.20. The molecular formula is C16H14ClN3O4S. The molecule has 3 rings (SSSR count). The van der Waals surface area contributed by atoms with E-state index in [1.807, 2.05) is 12.1 Å². The van der Waals surface area contributed by atoms with Crippen molar-refractivity contribution in [3.05, 3.63) is 59.4 Å². The normalized spacial score (nSPS) is 11.4. The van der Waals surface area contributed by atoms with Crippen LogP contribution in [0.4, 0.5) is 0 Å². The van der Waals surface area contributed by atoms with Crippen LogP contribution in [0.3, 0.4) is 0 Å². The van der Waals surface area contributed by atoms with Crippen molar-refractivity contribution in [2.24, 2.45) is 0 Å². The van der Waals surface area contributed by atoms with E-state index in [-0.39, 0.29) is 23.2 Å². The summed E-state index contributed by atoms with van der Waals surface area (Å²) in [6.45, 7) is -0.142. The Hall–Kier alpha value is -2.42. The third-order valence-electron chi connectivity index (χ3n) is 3.32. The van der Waals surface area contributed by atoms with Crippen molar-refractivity contribution < 1.29 is 17.6 Å². The Morgan fingerprint density at radius 1 is 1.16 bits per heavy atom. The summed E-state index contributed by atoms with van der Waals surface area (Å²) >= 11 is 5.82. The summed E-state index contributed by atoms with van der Waals surface area (Å²) in [4.78, 5) is 0.0597. The summed E-state index contributed by atoms with van der Waals surface area (Å²) in [5.41, 5.74) is 0.626. The van der Waals surface area contributed by atoms with Crippen molar-refractivity contribution >= 4 is 21.6 Å². The van der Waals surface area contributed by atoms with E-state index in [0.717, 1.165) is 0 Å². The van der Waals surface area contributed by atoms with Crippen LogP contribution in [0.15, 0.2) is 57.8 Å². The van der Waals surface area contributed by atoms with Gasteiger partial charge in [0, 0.05) is 5.02 Å². The Kier molecular flexibility index (Phi) is 5.03. The van der Waals surface area contributed by atoms with Crippen LogP contribution >= 0.6 is 11.6 Å². The third-order valence-corrected chi connectivity index (χ3v) is 4.96. The maximum absolute atomic E-state index is 12.3. The number of halogens is 1. The molecule has 9 heteroatoms. The topological polar surface area (TPSA) is 94.3 Å². The van der Waals surface area contributed by atoms with Crippen molar-refractivity contribution in [1.29, 1.82) is 0 Å². The third kappa shape index (κ3) is 3.98. The standard InChI is InChI=1S/C16H14ClN3O4S/c1-23-14-8-3-2-7-13(14)16-20-19-15(24-16)10-18-25(21,22)12-6-4-5-11(17)9-12/h2-9,18H,10H2,1H3. The van der Waals surface area contributed by atoms with Gasteiger partial charge in [-0.15, -0.1) is 10.2 Å². The largest absolute Gasteiger partial charge is 0.496 e. The number of para-hydroxylation sites is 1. The van der Waals surface area contributed by atoms with Crippen molar-refractivity contribution in [3.8, 4) is 17.2 Å². The van der Waals surface area contributed by atoms with Gasteiger partial charge in [0.2, 0.25) is 15.9 Å². The molecule has 1 heterocycles. The molecule has 0 radical (unpaired) electrons. The predicted molar refractivity (Wildman–Crippen MR) is 91.8 cm³/mol. The summed E-state index contributed by atoms with van der Waals surface area (Å²) in [5, 5.41) is 8.12. The number of hydrogen-bond donors (Lipinski definition) is 1. The molecule has 7 nitrogen and oxygen atoms in total. The van der Waals surface area contributed by atoms with Crippen LogP contribution in [0.5, 0.6) is 5.75 Å². The molecule has 2 aromatic carbocycles. The van der Waals surface area contributed by atoms with Gasteiger partial charge in [0.25, 0.3) is 5.89 Å². The van der Waals surface area contributed by atoms with Gasteiger partial charge in [-0.05, 0) is 30.3 Å². The summed E-state index contributed by atoms with van der Waals surface area (Å²) in [5.74, 6) is 0.957. The molecule has 0 fully saturated rings. The molecule has 0 saturated heterocycles. The van der Waals surface area contributed by atoms with E-state index in [4.69, 9.17) is 20.8 Å². The zero-order valence-corrected chi connectivity index (χ0v) is 14.7. The van der Waals surface area contributed by atoms with Gasteiger partial charge in [-0.2, -0.15) is 0 Å². The molecule has 0 atom stereocenters. The second-order valence-corrected chi connectivity index (χ2v) is 7.19. The highest BCUT2D eigenvalue weighted by Crippen LogP contribution is 2.28. The van der Waals surface area contributed by atoms with Crippen LogP contribution < -0.4 is 9.46 Å². The summed E-state index contributed by atoms with van der Waals surface area (Å²) in [6.07, 6.45) is 0. The maximum atomic E-state index is 12.3. The van der Waals surface area contributed by atoms with E-state index >= 15 is 0 Å². The van der Waals surface area contributed by atoms with Crippen molar-refractivity contribution in [1.82, 2.24) is 14.9 Å². The number of ether oxygens (including phenoxy) is 1. The lowest BCUT2D eigenvalue weighted by atomic mass is 10.2. The number of benzene rings is 2. The molecule has 0 spiro atoms. The van der Waals surface area contributed by atoms with E-state index in [2.05, 4.69) is 14.9 Å². The fraction of sp³-hybridized carbons (Fsp3) is 0.125. The number of rotatable bonds is 6. The van der Waals surface area contributed by atoms with Crippen molar-refractivity contribution in [2.75, 3.05) is 7.11 Å². The molecule has 0 aliphatic rings. The average molecular weight is 380 g/mol. The Morgan fingerprint density at radius 3 is 2.72 bits per heavy atom. The van der Waals surface area contributed by atoms with Gasteiger partial charge in [-0.25, -0.2) is 13.1 Å². The molecule has 0 bridgehead atoms. The zero-order valence-electron chi connectivity index (χ0n) is 13.1. The van der Waals surface area contributed by atoms with Gasteiger partial charge in [-0.1, -0.05) is 29.8 Å². The molecule has 0 amide bonds. The number of sulfonamides is 1. The minimum absolute atomic E-state index is 0.0597. The number of hydrogen-bond acceptors (Lipinski definition) is 6. The first kappa shape index (κ1) is 17.4. The van der Waals surface area contributed by atoms with Gasteiger partial charge in [-0.3, -0.25) is 0 Å². The minimum atomic E-state index is -3.74. The lowest BCUT2D eigenvalue weighted by molar-refractivity contribution is 0.413. The highest BCUT2D eigenvalue weighted by molar-refractivity contribution is 7.89. The summed E-state index contributed by atoms with van der Waals surface area (Å²) < 4.78 is 37.7. The van der Waals surface area contributed by atoms with Crippen LogP contribution in [0, 0.1) is 0 Å². The van der Waals surface area contributed by atoms with Crippen LogP contribution in [-0.4, -0.2) is 25.7 Å². The summed E-state index contributed by atoms with van der Waals surface area (Å²) in [6, 6.07) is 13.1. The minimum Gasteiger partial charge on any atom is -0.496 e. The smallest absolute Gasteiger partial charge is 0.251 e. The Balaban J connectivity index is 1.76. The van der Waals surface area contributed by atoms with Gasteiger partial charge in [0.15, 0.2) is 0 Å². The molecular weight excluding hydrogens is 366 g/mol. The van der Waals surface area contributed by atoms with Crippen molar-refractivity contribution in [2.45, 2.75) is 11.4 Å². The molecule has 0 aliphatic carbocycles. The van der Waals surface area contributed by atoms with Gasteiger partial charge in [0.05, 0.1) is 24.1 Å². The molecule has 1 N–H and O–H groups in total. The Labute approximate surface area is 149 Å². The lowest BCUT2D eigenvalue weighted by Gasteiger charge is -2.05. The predicted octanol–water partition coefficient (Wildman–Crippen LogP) is 2.88.